The molecule has 0 saturated heterocycles. The molecule has 0 aliphatic carbocycles. The number of benzene rings is 1. The van der Waals surface area contributed by atoms with Crippen LogP contribution < -0.4 is 0 Å². The van der Waals surface area contributed by atoms with E-state index in [1.807, 2.05) is 0 Å². The van der Waals surface area contributed by atoms with Gasteiger partial charge in [0.1, 0.15) is 0 Å². The molecule has 0 amide bonds. The van der Waals surface area contributed by atoms with Crippen molar-refractivity contribution in [2.45, 2.75) is 19.2 Å². The lowest BCUT2D eigenvalue weighted by molar-refractivity contribution is -0.142. The highest BCUT2D eigenvalue weighted by atomic mass is 79.9. The van der Waals surface area contributed by atoms with E-state index in [1.54, 1.807) is 19.1 Å². The van der Waals surface area contributed by atoms with Crippen molar-refractivity contribution >= 4 is 33.5 Å². The van der Waals surface area contributed by atoms with Crippen molar-refractivity contribution in [1.82, 2.24) is 0 Å². The minimum atomic E-state index is -0.310. The Morgan fingerprint density at radius 2 is 2.24 bits per heavy atom. The molecular formula is C12H11BrClNO2. The third kappa shape index (κ3) is 3.72. The Balaban J connectivity index is 3.01. The molecule has 0 atom stereocenters. The molecule has 0 radical (unpaired) electrons. The van der Waals surface area contributed by atoms with Gasteiger partial charge < -0.3 is 4.74 Å². The van der Waals surface area contributed by atoms with Gasteiger partial charge in [-0.3, -0.25) is 4.79 Å². The number of esters is 1. The highest BCUT2D eigenvalue weighted by Crippen LogP contribution is 2.24. The van der Waals surface area contributed by atoms with Crippen molar-refractivity contribution < 1.29 is 9.53 Å². The zero-order chi connectivity index (χ0) is 12.8. The molecule has 0 heterocycles. The predicted octanol–water partition coefficient (Wildman–Crippen LogP) is 3.17. The van der Waals surface area contributed by atoms with Crippen molar-refractivity contribution in [3.8, 4) is 6.07 Å². The summed E-state index contributed by atoms with van der Waals surface area (Å²) in [5.74, 6) is -0.0445. The van der Waals surface area contributed by atoms with Crippen LogP contribution in [0.5, 0.6) is 0 Å². The third-order valence-electron chi connectivity index (χ3n) is 2.18. The number of rotatable bonds is 4. The highest BCUT2D eigenvalue weighted by molar-refractivity contribution is 9.10. The first kappa shape index (κ1) is 14.0. The standard InChI is InChI=1S/C12H11BrClNO2/c1-2-17-12(16)5-8-3-10(7-15)9(6-14)4-11(8)13/h3-4H,2,5-6H2,1H3. The number of halogens is 2. The smallest absolute Gasteiger partial charge is 0.310 e. The molecule has 0 saturated carbocycles. The van der Waals surface area contributed by atoms with Gasteiger partial charge in [0.15, 0.2) is 0 Å². The molecule has 0 spiro atoms. The maximum Gasteiger partial charge on any atom is 0.310 e. The van der Waals surface area contributed by atoms with E-state index in [0.29, 0.717) is 12.2 Å². The van der Waals surface area contributed by atoms with Crippen LogP contribution in [0.4, 0.5) is 0 Å². The minimum Gasteiger partial charge on any atom is -0.466 e. The number of carbonyl (C=O) groups excluding carboxylic acids is 1. The van der Waals surface area contributed by atoms with E-state index in [9.17, 15) is 4.79 Å². The lowest BCUT2D eigenvalue weighted by Crippen LogP contribution is -2.08. The van der Waals surface area contributed by atoms with Crippen molar-refractivity contribution in [1.29, 1.82) is 5.26 Å². The SMILES string of the molecule is CCOC(=O)Cc1cc(C#N)c(CCl)cc1Br. The molecule has 17 heavy (non-hydrogen) atoms. The van der Waals surface area contributed by atoms with Crippen LogP contribution in [0, 0.1) is 11.3 Å². The van der Waals surface area contributed by atoms with Crippen LogP contribution in [0.25, 0.3) is 0 Å². The number of nitriles is 1. The van der Waals surface area contributed by atoms with Gasteiger partial charge in [0.05, 0.1) is 24.7 Å². The number of carbonyl (C=O) groups is 1. The molecule has 1 aromatic rings. The number of hydrogen-bond acceptors (Lipinski definition) is 3. The Morgan fingerprint density at radius 1 is 1.53 bits per heavy atom. The highest BCUT2D eigenvalue weighted by Gasteiger charge is 2.11. The second kappa shape index (κ2) is 6.63. The quantitative estimate of drug-likeness (QED) is 0.633. The summed E-state index contributed by atoms with van der Waals surface area (Å²) in [5, 5.41) is 8.96. The summed E-state index contributed by atoms with van der Waals surface area (Å²) in [4.78, 5) is 11.4. The zero-order valence-electron chi connectivity index (χ0n) is 9.30. The summed E-state index contributed by atoms with van der Waals surface area (Å²) in [6.45, 7) is 2.10. The number of nitrogens with zero attached hydrogens (tertiary/aromatic N) is 1. The van der Waals surface area contributed by atoms with Crippen LogP contribution in [0.1, 0.15) is 23.6 Å². The van der Waals surface area contributed by atoms with E-state index in [1.165, 1.54) is 0 Å². The average molecular weight is 317 g/mol. The van der Waals surface area contributed by atoms with Gasteiger partial charge in [-0.2, -0.15) is 5.26 Å². The zero-order valence-corrected chi connectivity index (χ0v) is 11.6. The van der Waals surface area contributed by atoms with Crippen molar-refractivity contribution in [3.63, 3.8) is 0 Å². The number of ether oxygens (including phenoxy) is 1. The Kier molecular flexibility index (Phi) is 5.46. The molecule has 0 unspecified atom stereocenters. The molecule has 5 heteroatoms. The van der Waals surface area contributed by atoms with Crippen LogP contribution >= 0.6 is 27.5 Å². The molecule has 0 fully saturated rings. The summed E-state index contributed by atoms with van der Waals surface area (Å²) in [5.41, 5.74) is 1.96. The molecular weight excluding hydrogens is 305 g/mol. The summed E-state index contributed by atoms with van der Waals surface area (Å²) in [7, 11) is 0. The molecule has 0 aliphatic heterocycles. The maximum atomic E-state index is 11.4. The Labute approximate surface area is 113 Å². The van der Waals surface area contributed by atoms with Crippen LogP contribution in [0.2, 0.25) is 0 Å². The lowest BCUT2D eigenvalue weighted by Gasteiger charge is -2.08. The van der Waals surface area contributed by atoms with E-state index in [4.69, 9.17) is 21.6 Å². The minimum absolute atomic E-state index is 0.145. The first-order valence-corrected chi connectivity index (χ1v) is 6.38. The van der Waals surface area contributed by atoms with E-state index >= 15 is 0 Å². The first-order chi connectivity index (χ1) is 8.12. The first-order valence-electron chi connectivity index (χ1n) is 5.05. The van der Waals surface area contributed by atoms with Crippen molar-refractivity contribution in [2.24, 2.45) is 0 Å². The third-order valence-corrected chi connectivity index (χ3v) is 3.20. The van der Waals surface area contributed by atoms with Gasteiger partial charge in [-0.15, -0.1) is 11.6 Å². The summed E-state index contributed by atoms with van der Waals surface area (Å²) in [6, 6.07) is 5.49. The summed E-state index contributed by atoms with van der Waals surface area (Å²) < 4.78 is 5.63. The topological polar surface area (TPSA) is 50.1 Å². The summed E-state index contributed by atoms with van der Waals surface area (Å²) in [6.07, 6.45) is 0.145. The molecule has 0 aromatic heterocycles. The average Bonchev–Trinajstić information content (AvgIpc) is 2.31. The van der Waals surface area contributed by atoms with Crippen LogP contribution in [-0.2, 0) is 21.8 Å². The van der Waals surface area contributed by atoms with Crippen molar-refractivity contribution in [2.75, 3.05) is 6.61 Å². The van der Waals surface area contributed by atoms with Gasteiger partial charge in [0.2, 0.25) is 0 Å². The van der Waals surface area contributed by atoms with Gasteiger partial charge in [-0.05, 0) is 30.2 Å². The van der Waals surface area contributed by atoms with Gasteiger partial charge in [-0.25, -0.2) is 0 Å². The van der Waals surface area contributed by atoms with E-state index < -0.39 is 0 Å². The van der Waals surface area contributed by atoms with E-state index in [-0.39, 0.29) is 18.3 Å². The Bertz CT molecular complexity index is 468. The Morgan fingerprint density at radius 3 is 2.76 bits per heavy atom. The van der Waals surface area contributed by atoms with E-state index in [0.717, 1.165) is 15.6 Å². The normalized spacial score (nSPS) is 9.76. The Hall–Kier alpha value is -1.05. The molecule has 3 nitrogen and oxygen atoms in total. The molecule has 1 rings (SSSR count). The molecule has 0 bridgehead atoms. The second-order valence-corrected chi connectivity index (χ2v) is 4.45. The van der Waals surface area contributed by atoms with E-state index in [2.05, 4.69) is 22.0 Å². The molecule has 0 aliphatic rings. The maximum absolute atomic E-state index is 11.4. The van der Waals surface area contributed by atoms with Gasteiger partial charge >= 0.3 is 5.97 Å². The fourth-order valence-corrected chi connectivity index (χ4v) is 2.13. The lowest BCUT2D eigenvalue weighted by atomic mass is 10.0. The van der Waals surface area contributed by atoms with Crippen molar-refractivity contribution in [3.05, 3.63) is 33.3 Å². The van der Waals surface area contributed by atoms with Gasteiger partial charge in [0, 0.05) is 10.4 Å². The van der Waals surface area contributed by atoms with Crippen LogP contribution in [0.3, 0.4) is 0 Å². The van der Waals surface area contributed by atoms with Gasteiger partial charge in [0.25, 0.3) is 0 Å². The summed E-state index contributed by atoms with van der Waals surface area (Å²) >= 11 is 9.08. The largest absolute Gasteiger partial charge is 0.466 e. The predicted molar refractivity (Wildman–Crippen MR) is 68.8 cm³/mol. The monoisotopic (exact) mass is 315 g/mol. The fourth-order valence-electron chi connectivity index (χ4n) is 1.38. The number of hydrogen-bond donors (Lipinski definition) is 0. The van der Waals surface area contributed by atoms with Gasteiger partial charge in [-0.1, -0.05) is 15.9 Å². The van der Waals surface area contributed by atoms with Crippen LogP contribution in [0.15, 0.2) is 16.6 Å². The molecule has 0 N–H and O–H groups in total. The second-order valence-electron chi connectivity index (χ2n) is 3.33. The fraction of sp³-hybridized carbons (Fsp3) is 0.333. The molecule has 90 valence electrons. The number of alkyl halides is 1. The molecule has 1 aromatic carbocycles. The van der Waals surface area contributed by atoms with Crippen LogP contribution in [-0.4, -0.2) is 12.6 Å².